The molecule has 0 radical (unpaired) electrons. The number of thiazole rings is 1. The largest absolute Gasteiger partial charge is 0.481 e. The van der Waals surface area contributed by atoms with Crippen LogP contribution in [0.25, 0.3) is 5.13 Å². The topological polar surface area (TPSA) is 85.1 Å². The quantitative estimate of drug-likeness (QED) is 0.901. The lowest BCUT2D eigenvalue weighted by Gasteiger charge is -2.15. The summed E-state index contributed by atoms with van der Waals surface area (Å²) in [7, 11) is 0. The maximum Gasteiger partial charge on any atom is 0.354 e. The SMILES string of the molecule is CCc1nc(=O)n(-c2nccs2)c(CC)c1CC(=O)O. The molecule has 0 fully saturated rings. The summed E-state index contributed by atoms with van der Waals surface area (Å²) in [5, 5.41) is 11.4. The molecule has 2 aromatic heterocycles. The van der Waals surface area contributed by atoms with Gasteiger partial charge < -0.3 is 5.11 Å². The second-order valence-electron chi connectivity index (χ2n) is 4.19. The van der Waals surface area contributed by atoms with Gasteiger partial charge in [0.25, 0.3) is 0 Å². The average Bonchev–Trinajstić information content (AvgIpc) is 2.92. The van der Waals surface area contributed by atoms with E-state index in [-0.39, 0.29) is 6.42 Å². The minimum atomic E-state index is -0.930. The minimum Gasteiger partial charge on any atom is -0.481 e. The van der Waals surface area contributed by atoms with Crippen LogP contribution in [0.1, 0.15) is 30.8 Å². The van der Waals surface area contributed by atoms with E-state index < -0.39 is 11.7 Å². The predicted octanol–water partition coefficient (Wildman–Crippen LogP) is 1.44. The Hall–Kier alpha value is -2.02. The van der Waals surface area contributed by atoms with E-state index >= 15 is 0 Å². The molecule has 0 aromatic carbocycles. The van der Waals surface area contributed by atoms with Crippen molar-refractivity contribution in [1.82, 2.24) is 14.5 Å². The van der Waals surface area contributed by atoms with Crippen molar-refractivity contribution in [2.24, 2.45) is 0 Å². The summed E-state index contributed by atoms with van der Waals surface area (Å²) in [6, 6.07) is 0. The van der Waals surface area contributed by atoms with Crippen molar-refractivity contribution in [3.8, 4) is 5.13 Å². The van der Waals surface area contributed by atoms with E-state index in [1.165, 1.54) is 15.9 Å². The van der Waals surface area contributed by atoms with Crippen molar-refractivity contribution in [2.45, 2.75) is 33.1 Å². The van der Waals surface area contributed by atoms with Gasteiger partial charge in [0.2, 0.25) is 0 Å². The number of aryl methyl sites for hydroxylation is 1. The molecule has 1 N–H and O–H groups in total. The van der Waals surface area contributed by atoms with E-state index in [9.17, 15) is 9.59 Å². The monoisotopic (exact) mass is 293 g/mol. The zero-order valence-electron chi connectivity index (χ0n) is 11.3. The average molecular weight is 293 g/mol. The molecular weight excluding hydrogens is 278 g/mol. The van der Waals surface area contributed by atoms with Crippen LogP contribution >= 0.6 is 11.3 Å². The van der Waals surface area contributed by atoms with E-state index in [2.05, 4.69) is 9.97 Å². The van der Waals surface area contributed by atoms with Crippen LogP contribution in [0.2, 0.25) is 0 Å². The molecule has 0 aliphatic carbocycles. The number of carboxylic acid groups (broad SMARTS) is 1. The number of carbonyl (C=O) groups is 1. The second-order valence-corrected chi connectivity index (χ2v) is 5.07. The molecule has 0 aliphatic rings. The first-order valence-electron chi connectivity index (χ1n) is 6.33. The van der Waals surface area contributed by atoms with Gasteiger partial charge in [-0.2, -0.15) is 4.98 Å². The van der Waals surface area contributed by atoms with Gasteiger partial charge in [-0.05, 0) is 12.8 Å². The molecule has 0 saturated heterocycles. The normalized spacial score (nSPS) is 10.7. The van der Waals surface area contributed by atoms with E-state index in [1.54, 1.807) is 11.6 Å². The Balaban J connectivity index is 2.75. The molecule has 0 aliphatic heterocycles. The van der Waals surface area contributed by atoms with Crippen LogP contribution in [-0.4, -0.2) is 25.6 Å². The van der Waals surface area contributed by atoms with Gasteiger partial charge in [0.05, 0.1) is 12.1 Å². The number of aliphatic carboxylic acids is 1. The lowest BCUT2D eigenvalue weighted by Crippen LogP contribution is -2.29. The fourth-order valence-electron chi connectivity index (χ4n) is 2.19. The van der Waals surface area contributed by atoms with Gasteiger partial charge in [-0.3, -0.25) is 4.79 Å². The summed E-state index contributed by atoms with van der Waals surface area (Å²) in [5.41, 5.74) is 1.46. The zero-order chi connectivity index (χ0) is 14.7. The summed E-state index contributed by atoms with van der Waals surface area (Å²) in [6.45, 7) is 3.75. The molecule has 2 rings (SSSR count). The molecule has 20 heavy (non-hydrogen) atoms. The summed E-state index contributed by atoms with van der Waals surface area (Å²) < 4.78 is 1.42. The standard InChI is InChI=1S/C13H15N3O3S/c1-3-9-8(7-11(17)18)10(4-2)16(12(19)15-9)13-14-5-6-20-13/h5-6H,3-4,7H2,1-2H3,(H,17,18). The minimum absolute atomic E-state index is 0.134. The van der Waals surface area contributed by atoms with Gasteiger partial charge in [0.1, 0.15) is 0 Å². The fraction of sp³-hybridized carbons (Fsp3) is 0.385. The van der Waals surface area contributed by atoms with Crippen molar-refractivity contribution < 1.29 is 9.90 Å². The van der Waals surface area contributed by atoms with E-state index in [1.807, 2.05) is 13.8 Å². The highest BCUT2D eigenvalue weighted by Gasteiger charge is 2.19. The molecule has 106 valence electrons. The van der Waals surface area contributed by atoms with Crippen molar-refractivity contribution in [3.63, 3.8) is 0 Å². The zero-order valence-corrected chi connectivity index (χ0v) is 12.1. The maximum atomic E-state index is 12.2. The Kier molecular flexibility index (Phi) is 4.29. The molecule has 6 nitrogen and oxygen atoms in total. The molecule has 0 spiro atoms. The first-order valence-corrected chi connectivity index (χ1v) is 7.21. The highest BCUT2D eigenvalue weighted by Crippen LogP contribution is 2.18. The molecular formula is C13H15N3O3S. The van der Waals surface area contributed by atoms with E-state index in [4.69, 9.17) is 5.11 Å². The van der Waals surface area contributed by atoms with Crippen LogP contribution in [0, 0.1) is 0 Å². The number of hydrogen-bond acceptors (Lipinski definition) is 5. The molecule has 0 unspecified atom stereocenters. The Morgan fingerprint density at radius 1 is 1.40 bits per heavy atom. The third kappa shape index (κ3) is 2.62. The third-order valence-electron chi connectivity index (χ3n) is 3.00. The van der Waals surface area contributed by atoms with Gasteiger partial charge in [-0.25, -0.2) is 14.3 Å². The fourth-order valence-corrected chi connectivity index (χ4v) is 2.85. The molecule has 2 aromatic rings. The van der Waals surface area contributed by atoms with Gasteiger partial charge >= 0.3 is 11.7 Å². The molecule has 0 atom stereocenters. The lowest BCUT2D eigenvalue weighted by molar-refractivity contribution is -0.136. The van der Waals surface area contributed by atoms with Crippen molar-refractivity contribution in [3.05, 3.63) is 39.0 Å². The summed E-state index contributed by atoms with van der Waals surface area (Å²) in [4.78, 5) is 31.4. The van der Waals surface area contributed by atoms with Crippen LogP contribution in [0.15, 0.2) is 16.4 Å². The van der Waals surface area contributed by atoms with Crippen LogP contribution in [0.3, 0.4) is 0 Å². The van der Waals surface area contributed by atoms with Crippen LogP contribution in [0.4, 0.5) is 0 Å². The number of nitrogens with zero attached hydrogens (tertiary/aromatic N) is 3. The Morgan fingerprint density at radius 3 is 2.65 bits per heavy atom. The van der Waals surface area contributed by atoms with Crippen molar-refractivity contribution in [2.75, 3.05) is 0 Å². The van der Waals surface area contributed by atoms with Crippen molar-refractivity contribution in [1.29, 1.82) is 0 Å². The van der Waals surface area contributed by atoms with E-state index in [0.717, 1.165) is 0 Å². The molecule has 0 saturated carbocycles. The Bertz CT molecular complexity index is 677. The number of aromatic nitrogens is 3. The Labute approximate surface area is 119 Å². The predicted molar refractivity (Wildman–Crippen MR) is 75.6 cm³/mol. The molecule has 0 amide bonds. The second kappa shape index (κ2) is 5.96. The number of hydrogen-bond donors (Lipinski definition) is 1. The molecule has 7 heteroatoms. The van der Waals surface area contributed by atoms with Crippen molar-refractivity contribution >= 4 is 17.3 Å². The third-order valence-corrected chi connectivity index (χ3v) is 3.75. The summed E-state index contributed by atoms with van der Waals surface area (Å²) in [5.74, 6) is -0.930. The number of carboxylic acids is 1. The maximum absolute atomic E-state index is 12.2. The molecule has 0 bridgehead atoms. The summed E-state index contributed by atoms with van der Waals surface area (Å²) >= 11 is 1.33. The van der Waals surface area contributed by atoms with Gasteiger partial charge in [-0.1, -0.05) is 13.8 Å². The van der Waals surface area contributed by atoms with Gasteiger partial charge in [0, 0.05) is 22.8 Å². The summed E-state index contributed by atoms with van der Waals surface area (Å²) in [6.07, 6.45) is 2.55. The first kappa shape index (κ1) is 14.4. The highest BCUT2D eigenvalue weighted by molar-refractivity contribution is 7.12. The van der Waals surface area contributed by atoms with Crippen LogP contribution in [0.5, 0.6) is 0 Å². The Morgan fingerprint density at radius 2 is 2.15 bits per heavy atom. The van der Waals surface area contributed by atoms with E-state index in [0.29, 0.717) is 34.9 Å². The van der Waals surface area contributed by atoms with Gasteiger partial charge in [-0.15, -0.1) is 11.3 Å². The lowest BCUT2D eigenvalue weighted by atomic mass is 10.0. The first-order chi connectivity index (χ1) is 9.58. The van der Waals surface area contributed by atoms with Gasteiger partial charge in [0.15, 0.2) is 5.13 Å². The highest BCUT2D eigenvalue weighted by atomic mass is 32.1. The van der Waals surface area contributed by atoms with Crippen LogP contribution < -0.4 is 5.69 Å². The molecule has 2 heterocycles. The number of rotatable bonds is 5. The van der Waals surface area contributed by atoms with Crippen LogP contribution in [-0.2, 0) is 24.1 Å². The smallest absolute Gasteiger partial charge is 0.354 e.